The highest BCUT2D eigenvalue weighted by Gasteiger charge is 2.51. The minimum atomic E-state index is -0.501. The molecule has 0 amide bonds. The summed E-state index contributed by atoms with van der Waals surface area (Å²) in [6.07, 6.45) is 0. The van der Waals surface area contributed by atoms with Gasteiger partial charge in [0.05, 0.1) is 27.8 Å². The Morgan fingerprint density at radius 2 is 0.739 bits per heavy atom. The Morgan fingerprint density at radius 1 is 0.290 bits per heavy atom. The third kappa shape index (κ3) is 5.73. The minimum absolute atomic E-state index is 0.501. The molecule has 0 fully saturated rings. The molecule has 0 saturated heterocycles. The number of anilines is 3. The zero-order valence-corrected chi connectivity index (χ0v) is 37.8. The van der Waals surface area contributed by atoms with Crippen LogP contribution in [-0.2, 0) is 5.41 Å². The summed E-state index contributed by atoms with van der Waals surface area (Å²) in [5, 5.41) is 2.42. The normalized spacial score (nSPS) is 12.8. The molecule has 2 nitrogen and oxygen atoms in total. The van der Waals surface area contributed by atoms with Crippen molar-refractivity contribution in [3.63, 3.8) is 0 Å². The molecule has 0 N–H and O–H groups in total. The lowest BCUT2D eigenvalue weighted by Gasteiger charge is -2.33. The van der Waals surface area contributed by atoms with Crippen molar-refractivity contribution >= 4 is 38.9 Å². The van der Waals surface area contributed by atoms with Crippen LogP contribution in [0.15, 0.2) is 267 Å². The van der Waals surface area contributed by atoms with Crippen molar-refractivity contribution < 1.29 is 0 Å². The van der Waals surface area contributed by atoms with Crippen LogP contribution in [0.5, 0.6) is 0 Å². The first-order chi connectivity index (χ1) is 34.3. The fourth-order valence-electron chi connectivity index (χ4n) is 12.1. The second-order valence-corrected chi connectivity index (χ2v) is 18.3. The lowest BCUT2D eigenvalue weighted by Crippen LogP contribution is -2.26. The zero-order valence-electron chi connectivity index (χ0n) is 37.8. The Morgan fingerprint density at radius 3 is 1.39 bits per heavy atom. The molecule has 0 atom stereocenters. The van der Waals surface area contributed by atoms with Crippen molar-refractivity contribution in [2.45, 2.75) is 5.41 Å². The maximum Gasteiger partial charge on any atom is 0.0782 e. The van der Waals surface area contributed by atoms with Crippen molar-refractivity contribution in [2.75, 3.05) is 4.90 Å². The number of aromatic nitrogens is 1. The van der Waals surface area contributed by atoms with Gasteiger partial charge in [0.25, 0.3) is 0 Å². The maximum atomic E-state index is 2.56. The maximum absolute atomic E-state index is 2.56. The van der Waals surface area contributed by atoms with Gasteiger partial charge >= 0.3 is 0 Å². The van der Waals surface area contributed by atoms with Gasteiger partial charge < -0.3 is 9.47 Å². The molecule has 1 aromatic heterocycles. The average molecular weight is 877 g/mol. The monoisotopic (exact) mass is 876 g/mol. The molecule has 69 heavy (non-hydrogen) atoms. The second kappa shape index (κ2) is 15.6. The summed E-state index contributed by atoms with van der Waals surface area (Å²) in [7, 11) is 0. The van der Waals surface area contributed by atoms with Crippen LogP contribution < -0.4 is 4.90 Å². The Kier molecular flexibility index (Phi) is 8.84. The fourth-order valence-corrected chi connectivity index (χ4v) is 12.1. The standard InChI is InChI=1S/C67H44N2/c1-3-22-45(23-4-1)48-26-7-8-27-49(48)50-28-9-10-29-51(50)56-33-14-19-39-63(56)68(65-41-21-35-58-57-34-15-20-40-64(57)69(66(58)65)46-24-5-2-6-25-46)47-42-43-55-54-32-13-18-38-61(54)67(62(55)44-47)59-36-16-11-30-52(59)53-31-12-17-37-60(53)67/h1-44H. The molecule has 0 saturated carbocycles. The van der Waals surface area contributed by atoms with E-state index in [0.29, 0.717) is 0 Å². The minimum Gasteiger partial charge on any atom is -0.308 e. The molecule has 322 valence electrons. The van der Waals surface area contributed by atoms with Crippen molar-refractivity contribution in [1.82, 2.24) is 4.57 Å². The van der Waals surface area contributed by atoms with Crippen LogP contribution in [0, 0.1) is 0 Å². The number of para-hydroxylation sites is 4. The van der Waals surface area contributed by atoms with Crippen LogP contribution >= 0.6 is 0 Å². The highest BCUT2D eigenvalue weighted by Crippen LogP contribution is 2.63. The van der Waals surface area contributed by atoms with Crippen molar-refractivity contribution in [1.29, 1.82) is 0 Å². The van der Waals surface area contributed by atoms with Crippen LogP contribution in [0.25, 0.3) is 83.1 Å². The summed E-state index contributed by atoms with van der Waals surface area (Å²) in [5.41, 5.74) is 23.8. The highest BCUT2D eigenvalue weighted by atomic mass is 15.2. The molecular weight excluding hydrogens is 833 g/mol. The Bertz CT molecular complexity index is 3910. The molecule has 12 aromatic rings. The fraction of sp³-hybridized carbons (Fsp3) is 0.0149. The van der Waals surface area contributed by atoms with Gasteiger partial charge in [0.1, 0.15) is 0 Å². The SMILES string of the molecule is c1ccc(-c2ccccc2-c2ccccc2-c2ccccc2N(c2ccc3c(c2)C2(c4ccccc4-c4ccccc42)c2ccccc2-3)c2cccc3c4ccccc4n(-c4ccccc4)c23)cc1. The van der Waals surface area contributed by atoms with Gasteiger partial charge in [-0.15, -0.1) is 0 Å². The van der Waals surface area contributed by atoms with E-state index in [1.54, 1.807) is 0 Å². The molecule has 11 aromatic carbocycles. The van der Waals surface area contributed by atoms with E-state index in [1.807, 2.05) is 0 Å². The van der Waals surface area contributed by atoms with Gasteiger partial charge in [-0.25, -0.2) is 0 Å². The van der Waals surface area contributed by atoms with Gasteiger partial charge in [-0.1, -0.05) is 224 Å². The number of fused-ring (bicyclic) bond motifs is 13. The molecule has 2 heteroatoms. The lowest BCUT2D eigenvalue weighted by molar-refractivity contribution is 0.793. The van der Waals surface area contributed by atoms with Crippen LogP contribution in [0.4, 0.5) is 17.1 Å². The third-order valence-electron chi connectivity index (χ3n) is 14.8. The van der Waals surface area contributed by atoms with Gasteiger partial charge in [0, 0.05) is 27.7 Å². The van der Waals surface area contributed by atoms with Gasteiger partial charge in [0.2, 0.25) is 0 Å². The van der Waals surface area contributed by atoms with Crippen LogP contribution in [0.1, 0.15) is 22.3 Å². The van der Waals surface area contributed by atoms with Gasteiger partial charge in [0.15, 0.2) is 0 Å². The second-order valence-electron chi connectivity index (χ2n) is 18.3. The molecule has 1 heterocycles. The van der Waals surface area contributed by atoms with Gasteiger partial charge in [-0.05, 0) is 115 Å². The van der Waals surface area contributed by atoms with E-state index in [2.05, 4.69) is 276 Å². The molecule has 0 radical (unpaired) electrons. The number of benzene rings is 11. The predicted octanol–water partition coefficient (Wildman–Crippen LogP) is 17.6. The molecule has 1 spiro atoms. The van der Waals surface area contributed by atoms with E-state index >= 15 is 0 Å². The summed E-state index contributed by atoms with van der Waals surface area (Å²) >= 11 is 0. The van der Waals surface area contributed by atoms with E-state index in [-0.39, 0.29) is 0 Å². The van der Waals surface area contributed by atoms with Crippen molar-refractivity contribution in [3.05, 3.63) is 289 Å². The Balaban J connectivity index is 1.08. The molecular formula is C67H44N2. The average Bonchev–Trinajstić information content (AvgIpc) is 4.04. The van der Waals surface area contributed by atoms with Crippen LogP contribution in [-0.4, -0.2) is 4.57 Å². The molecule has 14 rings (SSSR count). The van der Waals surface area contributed by atoms with Crippen molar-refractivity contribution in [2.24, 2.45) is 0 Å². The Hall–Kier alpha value is -8.98. The largest absolute Gasteiger partial charge is 0.308 e. The third-order valence-corrected chi connectivity index (χ3v) is 14.8. The molecule has 0 bridgehead atoms. The van der Waals surface area contributed by atoms with Gasteiger partial charge in [-0.3, -0.25) is 0 Å². The summed E-state index contributed by atoms with van der Waals surface area (Å²) in [4.78, 5) is 2.56. The van der Waals surface area contributed by atoms with E-state index in [4.69, 9.17) is 0 Å². The molecule has 0 aliphatic heterocycles. The van der Waals surface area contributed by atoms with E-state index < -0.39 is 5.41 Å². The van der Waals surface area contributed by atoms with E-state index in [1.165, 1.54) is 88.6 Å². The topological polar surface area (TPSA) is 8.17 Å². The highest BCUT2D eigenvalue weighted by molar-refractivity contribution is 6.15. The summed E-state index contributed by atoms with van der Waals surface area (Å²) in [6, 6.07) is 98.7. The zero-order chi connectivity index (χ0) is 45.5. The summed E-state index contributed by atoms with van der Waals surface area (Å²) < 4.78 is 2.47. The van der Waals surface area contributed by atoms with Gasteiger partial charge in [-0.2, -0.15) is 0 Å². The number of hydrogen-bond donors (Lipinski definition) is 0. The summed E-state index contributed by atoms with van der Waals surface area (Å²) in [6.45, 7) is 0. The van der Waals surface area contributed by atoms with Crippen LogP contribution in [0.3, 0.4) is 0 Å². The number of nitrogens with zero attached hydrogens (tertiary/aromatic N) is 2. The van der Waals surface area contributed by atoms with E-state index in [0.717, 1.165) is 33.8 Å². The first-order valence-corrected chi connectivity index (χ1v) is 23.9. The smallest absolute Gasteiger partial charge is 0.0782 e. The quantitative estimate of drug-likeness (QED) is 0.155. The first kappa shape index (κ1) is 39.2. The molecule has 0 unspecified atom stereocenters. The molecule has 2 aliphatic carbocycles. The first-order valence-electron chi connectivity index (χ1n) is 23.9. The lowest BCUT2D eigenvalue weighted by atomic mass is 9.70. The van der Waals surface area contributed by atoms with E-state index in [9.17, 15) is 0 Å². The Labute approximate surface area is 402 Å². The number of hydrogen-bond acceptors (Lipinski definition) is 1. The van der Waals surface area contributed by atoms with Crippen LogP contribution in [0.2, 0.25) is 0 Å². The van der Waals surface area contributed by atoms with Crippen molar-refractivity contribution in [3.8, 4) is 61.3 Å². The molecule has 2 aliphatic rings. The predicted molar refractivity (Wildman–Crippen MR) is 288 cm³/mol. The summed E-state index contributed by atoms with van der Waals surface area (Å²) in [5.74, 6) is 0. The number of rotatable bonds is 7.